The van der Waals surface area contributed by atoms with E-state index in [9.17, 15) is 0 Å². The minimum Gasteiger partial charge on any atom is -0.412 e. The monoisotopic (exact) mass is 122 g/mol. The van der Waals surface area contributed by atoms with Crippen LogP contribution in [0.15, 0.2) is 6.33 Å². The van der Waals surface area contributed by atoms with E-state index in [1.807, 2.05) is 0 Å². The second-order valence-electron chi connectivity index (χ2n) is 0.698. The molecule has 0 aliphatic rings. The predicted octanol–water partition coefficient (Wildman–Crippen LogP) is -1.15. The third kappa shape index (κ3) is 1.47. The van der Waals surface area contributed by atoms with Gasteiger partial charge in [0.05, 0.1) is 0 Å². The van der Waals surface area contributed by atoms with Crippen LogP contribution in [0.4, 0.5) is 0 Å². The molecule has 0 amide bonds. The van der Waals surface area contributed by atoms with Gasteiger partial charge < -0.3 is 5.48 Å². The molecule has 0 atom stereocenters. The molecule has 2 N–H and O–H groups in total. The fourth-order valence-electron chi connectivity index (χ4n) is 0.150. The van der Waals surface area contributed by atoms with Crippen LogP contribution in [-0.4, -0.2) is 25.2 Å². The van der Waals surface area contributed by atoms with E-state index in [0.29, 0.717) is 0 Å². The Labute approximate surface area is 44.3 Å². The normalized spacial score (nSPS) is 7.57. The number of aromatic nitrogens is 4. The van der Waals surface area contributed by atoms with Gasteiger partial charge in [0.1, 0.15) is 0 Å². The van der Waals surface area contributed by atoms with Gasteiger partial charge in [-0.3, -0.25) is 0 Å². The molecule has 1 heterocycles. The first-order chi connectivity index (χ1) is 2.89. The van der Waals surface area contributed by atoms with Crippen LogP contribution in [0.5, 0.6) is 0 Å². The third-order valence-corrected chi connectivity index (χ3v) is 0.479. The minimum absolute atomic E-state index is 0. The smallest absolute Gasteiger partial charge is 0.156 e. The van der Waals surface area contributed by atoms with Crippen molar-refractivity contribution < 1.29 is 5.48 Å². The fourth-order valence-corrected chi connectivity index (χ4v) is 0.219. The zero-order chi connectivity index (χ0) is 4.41. The Morgan fingerprint density at radius 3 is 2.43 bits per heavy atom. The molecule has 0 unspecified atom stereocenters. The van der Waals surface area contributed by atoms with Crippen molar-refractivity contribution in [2.75, 3.05) is 0 Å². The molecule has 0 aliphatic heterocycles. The average molecular weight is 123 g/mol. The summed E-state index contributed by atoms with van der Waals surface area (Å²) in [6.45, 7) is 0. The largest absolute Gasteiger partial charge is 0.412 e. The van der Waals surface area contributed by atoms with E-state index in [2.05, 4.69) is 15.5 Å². The Morgan fingerprint density at radius 2 is 2.29 bits per heavy atom. The van der Waals surface area contributed by atoms with Crippen LogP contribution in [0.1, 0.15) is 0 Å². The van der Waals surface area contributed by atoms with Crippen LogP contribution >= 0.6 is 11.8 Å². The van der Waals surface area contributed by atoms with Gasteiger partial charge in [0, 0.05) is 11.8 Å². The highest BCUT2D eigenvalue weighted by molar-refractivity contribution is 6.14. The molecule has 0 bridgehead atoms. The molecule has 40 valence electrons. The van der Waals surface area contributed by atoms with Crippen LogP contribution in [0.2, 0.25) is 0 Å². The van der Waals surface area contributed by atoms with Crippen molar-refractivity contribution in [3.8, 4) is 0 Å². The van der Waals surface area contributed by atoms with E-state index in [-0.39, 0.29) is 5.48 Å². The number of rotatable bonds is 0. The summed E-state index contributed by atoms with van der Waals surface area (Å²) in [5, 5.41) is 9.68. The molecule has 6 heteroatoms. The second kappa shape index (κ2) is 2.49. The zero-order valence-electron chi connectivity index (χ0n) is 3.24. The van der Waals surface area contributed by atoms with Crippen molar-refractivity contribution in [1.29, 1.82) is 0 Å². The zero-order valence-corrected chi connectivity index (χ0v) is 4.00. The van der Waals surface area contributed by atoms with E-state index < -0.39 is 0 Å². The molecule has 1 aromatic heterocycles. The molecule has 1 rings (SSSR count). The highest BCUT2D eigenvalue weighted by atomic mass is 35.5. The molecule has 0 fully saturated rings. The van der Waals surface area contributed by atoms with Gasteiger partial charge >= 0.3 is 0 Å². The first kappa shape index (κ1) is 6.32. The van der Waals surface area contributed by atoms with E-state index in [1.54, 1.807) is 0 Å². The Balaban J connectivity index is 0.000000360. The Morgan fingerprint density at radius 1 is 1.57 bits per heavy atom. The van der Waals surface area contributed by atoms with Gasteiger partial charge in [0.2, 0.25) is 0 Å². The highest BCUT2D eigenvalue weighted by Gasteiger charge is 1.75. The van der Waals surface area contributed by atoms with E-state index >= 15 is 0 Å². The van der Waals surface area contributed by atoms with Gasteiger partial charge in [-0.05, 0) is 10.4 Å². The average Bonchev–Trinajstić information content (AvgIpc) is 1.86. The maximum absolute atomic E-state index is 5.14. The number of hydrogen-bond donors (Lipinski definition) is 0. The summed E-state index contributed by atoms with van der Waals surface area (Å²) < 4.78 is 1.00. The third-order valence-electron chi connectivity index (χ3n) is 0.324. The molecule has 7 heavy (non-hydrogen) atoms. The lowest BCUT2D eigenvalue weighted by Gasteiger charge is -1.66. The maximum Gasteiger partial charge on any atom is 0.156 e. The van der Waals surface area contributed by atoms with Gasteiger partial charge in [-0.2, -0.15) is 0 Å². The lowest BCUT2D eigenvalue weighted by atomic mass is 11.4. The molecule has 1 aromatic rings. The van der Waals surface area contributed by atoms with Crippen molar-refractivity contribution in [2.24, 2.45) is 0 Å². The minimum atomic E-state index is 0. The Hall–Kier alpha value is -0.680. The summed E-state index contributed by atoms with van der Waals surface area (Å²) in [5.74, 6) is 0. The number of nitrogens with zero attached hydrogens (tertiary/aromatic N) is 4. The van der Waals surface area contributed by atoms with Crippen LogP contribution < -0.4 is 0 Å². The first-order valence-electron chi connectivity index (χ1n) is 1.29. The first-order valence-corrected chi connectivity index (χ1v) is 1.62. The standard InChI is InChI=1S/CHClN4.H2O/c2-6-1-3-4-5-6;/h1H;1H2. The van der Waals surface area contributed by atoms with Crippen LogP contribution in [0, 0.1) is 0 Å². The van der Waals surface area contributed by atoms with Crippen molar-refractivity contribution >= 4 is 11.8 Å². The van der Waals surface area contributed by atoms with Crippen LogP contribution in [0.3, 0.4) is 0 Å². The highest BCUT2D eigenvalue weighted by Crippen LogP contribution is 1.73. The SMILES string of the molecule is Cln1cnnn1.O. The van der Waals surface area contributed by atoms with Crippen LogP contribution in [-0.2, 0) is 0 Å². The number of hydrogen-bond acceptors (Lipinski definition) is 3. The summed E-state index contributed by atoms with van der Waals surface area (Å²) in [5.41, 5.74) is 0. The van der Waals surface area contributed by atoms with E-state index in [0.717, 1.165) is 4.20 Å². The molecular weight excluding hydrogens is 119 g/mol. The summed E-state index contributed by atoms with van der Waals surface area (Å²) in [7, 11) is 0. The van der Waals surface area contributed by atoms with Crippen LogP contribution in [0.25, 0.3) is 0 Å². The summed E-state index contributed by atoms with van der Waals surface area (Å²) >= 11 is 5.14. The van der Waals surface area contributed by atoms with Crippen molar-refractivity contribution in [3.63, 3.8) is 0 Å². The summed E-state index contributed by atoms with van der Waals surface area (Å²) in [6, 6.07) is 0. The van der Waals surface area contributed by atoms with Crippen molar-refractivity contribution in [3.05, 3.63) is 6.33 Å². The summed E-state index contributed by atoms with van der Waals surface area (Å²) in [4.78, 5) is 0. The Bertz CT molecular complexity index is 115. The Kier molecular flexibility index (Phi) is 2.24. The predicted molar refractivity (Wildman–Crippen MR) is 22.7 cm³/mol. The van der Waals surface area contributed by atoms with Gasteiger partial charge in [-0.1, -0.05) is 0 Å². The van der Waals surface area contributed by atoms with Gasteiger partial charge in [-0.15, -0.1) is 9.30 Å². The molecule has 0 radical (unpaired) electrons. The number of tetrazole rings is 1. The van der Waals surface area contributed by atoms with Gasteiger partial charge in [-0.25, -0.2) is 0 Å². The van der Waals surface area contributed by atoms with Gasteiger partial charge in [0.15, 0.2) is 6.33 Å². The molecule has 5 nitrogen and oxygen atoms in total. The van der Waals surface area contributed by atoms with Gasteiger partial charge in [0.25, 0.3) is 0 Å². The lowest BCUT2D eigenvalue weighted by Crippen LogP contribution is -1.76. The molecule has 0 spiro atoms. The van der Waals surface area contributed by atoms with E-state index in [4.69, 9.17) is 11.8 Å². The fraction of sp³-hybridized carbons (Fsp3) is 0. The lowest BCUT2D eigenvalue weighted by molar-refractivity contribution is 0.824. The maximum atomic E-state index is 5.14. The molecular formula is CH3ClN4O. The van der Waals surface area contributed by atoms with E-state index in [1.165, 1.54) is 6.33 Å². The van der Waals surface area contributed by atoms with Crippen molar-refractivity contribution in [1.82, 2.24) is 19.7 Å². The molecule has 0 saturated heterocycles. The second-order valence-corrected chi connectivity index (χ2v) is 1.04. The number of halogens is 1. The quantitative estimate of drug-likeness (QED) is 0.436. The molecule has 0 aromatic carbocycles. The topological polar surface area (TPSA) is 75.1 Å². The summed E-state index contributed by atoms with van der Waals surface area (Å²) in [6.07, 6.45) is 1.29. The molecule has 0 saturated carbocycles. The van der Waals surface area contributed by atoms with Crippen molar-refractivity contribution in [2.45, 2.75) is 0 Å². The molecule has 0 aliphatic carbocycles.